The monoisotopic (exact) mass is 464 g/mol. The third-order valence-electron chi connectivity index (χ3n) is 4.15. The molecule has 2 amide bonds. The van der Waals surface area contributed by atoms with Gasteiger partial charge >= 0.3 is 0 Å². The molecule has 6 heteroatoms. The SMILES string of the molecule is C[C@@H](C(=O)NC(C)(C)C)N(Cc1cccc(Br)c1)C(=O)Cc1cccc(Cl)c1. The second-order valence-electron chi connectivity index (χ2n) is 7.87. The fourth-order valence-corrected chi connectivity index (χ4v) is 3.47. The summed E-state index contributed by atoms with van der Waals surface area (Å²) in [7, 11) is 0. The van der Waals surface area contributed by atoms with E-state index < -0.39 is 6.04 Å². The van der Waals surface area contributed by atoms with Crippen molar-refractivity contribution in [1.82, 2.24) is 10.2 Å². The van der Waals surface area contributed by atoms with Crippen molar-refractivity contribution in [1.29, 1.82) is 0 Å². The molecule has 0 spiro atoms. The van der Waals surface area contributed by atoms with Gasteiger partial charge in [-0.2, -0.15) is 0 Å². The molecule has 28 heavy (non-hydrogen) atoms. The maximum absolute atomic E-state index is 13.1. The van der Waals surface area contributed by atoms with Gasteiger partial charge in [0.2, 0.25) is 11.8 Å². The molecule has 0 aliphatic rings. The van der Waals surface area contributed by atoms with Crippen molar-refractivity contribution in [3.05, 3.63) is 69.2 Å². The van der Waals surface area contributed by atoms with E-state index in [4.69, 9.17) is 11.6 Å². The van der Waals surface area contributed by atoms with Gasteiger partial charge in [0.25, 0.3) is 0 Å². The van der Waals surface area contributed by atoms with Crippen molar-refractivity contribution in [3.63, 3.8) is 0 Å². The summed E-state index contributed by atoms with van der Waals surface area (Å²) in [4.78, 5) is 27.5. The van der Waals surface area contributed by atoms with Crippen LogP contribution in [0.4, 0.5) is 0 Å². The largest absolute Gasteiger partial charge is 0.350 e. The summed E-state index contributed by atoms with van der Waals surface area (Å²) in [6.07, 6.45) is 0.182. The van der Waals surface area contributed by atoms with Crippen molar-refractivity contribution in [2.75, 3.05) is 0 Å². The van der Waals surface area contributed by atoms with Gasteiger partial charge in [-0.1, -0.05) is 51.8 Å². The fourth-order valence-electron chi connectivity index (χ4n) is 2.81. The quantitative estimate of drug-likeness (QED) is 0.654. The average Bonchev–Trinajstić information content (AvgIpc) is 2.57. The van der Waals surface area contributed by atoms with Gasteiger partial charge in [0.15, 0.2) is 0 Å². The van der Waals surface area contributed by atoms with Crippen LogP contribution >= 0.6 is 27.5 Å². The first-order chi connectivity index (χ1) is 13.0. The van der Waals surface area contributed by atoms with Gasteiger partial charge in [0.1, 0.15) is 6.04 Å². The Morgan fingerprint density at radius 2 is 1.75 bits per heavy atom. The number of rotatable bonds is 6. The molecule has 0 aliphatic heterocycles. The third kappa shape index (κ3) is 6.95. The number of hydrogen-bond acceptors (Lipinski definition) is 2. The van der Waals surface area contributed by atoms with Gasteiger partial charge in [-0.15, -0.1) is 0 Å². The van der Waals surface area contributed by atoms with Gasteiger partial charge in [-0.25, -0.2) is 0 Å². The summed E-state index contributed by atoms with van der Waals surface area (Å²) in [5.74, 6) is -0.305. The van der Waals surface area contributed by atoms with Crippen LogP contribution in [0.1, 0.15) is 38.8 Å². The number of nitrogens with zero attached hydrogens (tertiary/aromatic N) is 1. The maximum Gasteiger partial charge on any atom is 0.242 e. The summed E-state index contributed by atoms with van der Waals surface area (Å²) in [5.41, 5.74) is 1.40. The van der Waals surface area contributed by atoms with Crippen LogP contribution in [-0.4, -0.2) is 28.3 Å². The van der Waals surface area contributed by atoms with E-state index in [1.165, 1.54) is 0 Å². The molecule has 0 fully saturated rings. The zero-order chi connectivity index (χ0) is 20.9. The van der Waals surface area contributed by atoms with E-state index in [0.717, 1.165) is 15.6 Å². The molecule has 2 aromatic carbocycles. The van der Waals surface area contributed by atoms with Gasteiger partial charge in [-0.3, -0.25) is 9.59 Å². The van der Waals surface area contributed by atoms with Crippen molar-refractivity contribution < 1.29 is 9.59 Å². The summed E-state index contributed by atoms with van der Waals surface area (Å²) in [6.45, 7) is 7.87. The summed E-state index contributed by atoms with van der Waals surface area (Å²) in [5, 5.41) is 3.55. The van der Waals surface area contributed by atoms with E-state index in [1.54, 1.807) is 24.0 Å². The first-order valence-corrected chi connectivity index (χ1v) is 10.3. The van der Waals surface area contributed by atoms with Crippen LogP contribution in [0, 0.1) is 0 Å². The lowest BCUT2D eigenvalue weighted by molar-refractivity contribution is -0.140. The number of hydrogen-bond donors (Lipinski definition) is 1. The van der Waals surface area contributed by atoms with E-state index in [1.807, 2.05) is 57.2 Å². The van der Waals surface area contributed by atoms with Crippen molar-refractivity contribution in [2.24, 2.45) is 0 Å². The van der Waals surface area contributed by atoms with Crippen LogP contribution in [-0.2, 0) is 22.6 Å². The lowest BCUT2D eigenvalue weighted by Crippen LogP contribution is -2.52. The van der Waals surface area contributed by atoms with E-state index in [2.05, 4.69) is 21.2 Å². The molecule has 2 aromatic rings. The standard InChI is InChI=1S/C22H26BrClN2O2/c1-15(21(28)25-22(2,3)4)26(14-17-8-5-9-18(23)11-17)20(27)13-16-7-6-10-19(24)12-16/h5-12,15H,13-14H2,1-4H3,(H,25,28)/t15-/m0/s1. The first-order valence-electron chi connectivity index (χ1n) is 9.15. The van der Waals surface area contributed by atoms with Gasteiger partial charge in [0.05, 0.1) is 6.42 Å². The highest BCUT2D eigenvalue weighted by atomic mass is 79.9. The molecule has 0 heterocycles. The van der Waals surface area contributed by atoms with Crippen LogP contribution in [0.5, 0.6) is 0 Å². The first kappa shape index (κ1) is 22.4. The second-order valence-corrected chi connectivity index (χ2v) is 9.23. The number of carbonyl (C=O) groups excluding carboxylic acids is 2. The van der Waals surface area contributed by atoms with Crippen LogP contribution in [0.15, 0.2) is 53.0 Å². The normalized spacial score (nSPS) is 12.4. The molecule has 150 valence electrons. The molecule has 0 saturated carbocycles. The molecule has 0 saturated heterocycles. The highest BCUT2D eigenvalue weighted by molar-refractivity contribution is 9.10. The summed E-state index contributed by atoms with van der Waals surface area (Å²) < 4.78 is 0.930. The molecule has 1 N–H and O–H groups in total. The number of amides is 2. The van der Waals surface area contributed by atoms with Crippen LogP contribution in [0.3, 0.4) is 0 Å². The molecule has 0 aromatic heterocycles. The molecule has 1 atom stereocenters. The van der Waals surface area contributed by atoms with E-state index >= 15 is 0 Å². The lowest BCUT2D eigenvalue weighted by atomic mass is 10.1. The minimum absolute atomic E-state index is 0.126. The third-order valence-corrected chi connectivity index (χ3v) is 4.88. The summed E-state index contributed by atoms with van der Waals surface area (Å²) >= 11 is 9.51. The summed E-state index contributed by atoms with van der Waals surface area (Å²) in [6, 6.07) is 14.4. The number of nitrogens with one attached hydrogen (secondary N) is 1. The smallest absolute Gasteiger partial charge is 0.242 e. The Bertz CT molecular complexity index is 848. The maximum atomic E-state index is 13.1. The van der Waals surface area contributed by atoms with Crippen LogP contribution in [0.2, 0.25) is 5.02 Å². The zero-order valence-corrected chi connectivity index (χ0v) is 19.0. The number of benzene rings is 2. The van der Waals surface area contributed by atoms with E-state index in [-0.39, 0.29) is 23.8 Å². The second kappa shape index (κ2) is 9.57. The van der Waals surface area contributed by atoms with Gasteiger partial charge in [-0.05, 0) is 63.1 Å². The van der Waals surface area contributed by atoms with E-state index in [9.17, 15) is 9.59 Å². The molecule has 2 rings (SSSR count). The molecule has 4 nitrogen and oxygen atoms in total. The van der Waals surface area contributed by atoms with Crippen molar-refractivity contribution in [2.45, 2.75) is 52.2 Å². The Balaban J connectivity index is 2.26. The minimum Gasteiger partial charge on any atom is -0.350 e. The number of carbonyl (C=O) groups is 2. The molecule has 0 aliphatic carbocycles. The molecule has 0 unspecified atom stereocenters. The molecular weight excluding hydrogens is 440 g/mol. The van der Waals surface area contributed by atoms with Crippen molar-refractivity contribution in [3.8, 4) is 0 Å². The molecular formula is C22H26BrClN2O2. The number of halogens is 2. The average molecular weight is 466 g/mol. The minimum atomic E-state index is -0.607. The Labute approximate surface area is 180 Å². The van der Waals surface area contributed by atoms with Crippen LogP contribution < -0.4 is 5.32 Å². The predicted molar refractivity (Wildman–Crippen MR) is 117 cm³/mol. The molecule has 0 bridgehead atoms. The van der Waals surface area contributed by atoms with Gasteiger partial charge < -0.3 is 10.2 Å². The lowest BCUT2D eigenvalue weighted by Gasteiger charge is -2.31. The Morgan fingerprint density at radius 3 is 2.36 bits per heavy atom. The Morgan fingerprint density at radius 1 is 1.11 bits per heavy atom. The topological polar surface area (TPSA) is 49.4 Å². The zero-order valence-electron chi connectivity index (χ0n) is 16.6. The molecule has 0 radical (unpaired) electrons. The fraction of sp³-hybridized carbons (Fsp3) is 0.364. The van der Waals surface area contributed by atoms with Crippen LogP contribution in [0.25, 0.3) is 0 Å². The van der Waals surface area contributed by atoms with Gasteiger partial charge in [0, 0.05) is 21.6 Å². The predicted octanol–water partition coefficient (Wildman–Crippen LogP) is 4.98. The Kier molecular flexibility index (Phi) is 7.67. The van der Waals surface area contributed by atoms with E-state index in [0.29, 0.717) is 11.6 Å². The highest BCUT2D eigenvalue weighted by Gasteiger charge is 2.28. The Hall–Kier alpha value is -1.85. The highest BCUT2D eigenvalue weighted by Crippen LogP contribution is 2.18. The van der Waals surface area contributed by atoms with Crippen molar-refractivity contribution >= 4 is 39.3 Å².